The molecule has 190 valence electrons. The van der Waals surface area contributed by atoms with Crippen molar-refractivity contribution in [2.75, 3.05) is 5.32 Å². The van der Waals surface area contributed by atoms with E-state index in [0.29, 0.717) is 12.2 Å². The van der Waals surface area contributed by atoms with E-state index in [1.54, 1.807) is 6.07 Å². The summed E-state index contributed by atoms with van der Waals surface area (Å²) >= 11 is 0. The fourth-order valence-electron chi connectivity index (χ4n) is 4.37. The van der Waals surface area contributed by atoms with Crippen molar-refractivity contribution in [3.63, 3.8) is 0 Å². The van der Waals surface area contributed by atoms with Crippen LogP contribution in [0.2, 0.25) is 0 Å². The Hall–Kier alpha value is -1.65. The first kappa shape index (κ1) is 29.4. The first-order valence-electron chi connectivity index (χ1n) is 14.1. The predicted octanol–water partition coefficient (Wildman–Crippen LogP) is 8.31. The molecule has 5 heteroatoms. The van der Waals surface area contributed by atoms with Crippen LogP contribution in [0.3, 0.4) is 0 Å². The largest absolute Gasteiger partial charge is 0.346 e. The number of hydrogen-bond donors (Lipinski definition) is 2. The third-order valence-electron chi connectivity index (χ3n) is 6.46. The van der Waals surface area contributed by atoms with E-state index in [0.717, 1.165) is 12.8 Å². The summed E-state index contributed by atoms with van der Waals surface area (Å²) in [7, 11) is 0. The molecule has 0 bridgehead atoms. The van der Waals surface area contributed by atoms with Gasteiger partial charge in [0.15, 0.2) is 0 Å². The quantitative estimate of drug-likeness (QED) is 0.161. The van der Waals surface area contributed by atoms with E-state index in [-0.39, 0.29) is 5.91 Å². The highest BCUT2D eigenvalue weighted by Crippen LogP contribution is 2.15. The van der Waals surface area contributed by atoms with E-state index in [9.17, 15) is 9.59 Å². The molecule has 1 amide bonds. The van der Waals surface area contributed by atoms with Crippen molar-refractivity contribution >= 4 is 11.7 Å². The Morgan fingerprint density at radius 3 is 1.48 bits per heavy atom. The van der Waals surface area contributed by atoms with Crippen molar-refractivity contribution < 1.29 is 4.79 Å². The Morgan fingerprint density at radius 2 is 1.09 bits per heavy atom. The third-order valence-corrected chi connectivity index (χ3v) is 6.46. The molecule has 0 unspecified atom stereocenters. The number of rotatable bonds is 23. The Kier molecular flexibility index (Phi) is 19.7. The molecule has 2 N–H and O–H groups in total. The average Bonchev–Trinajstić information content (AvgIpc) is 2.80. The summed E-state index contributed by atoms with van der Waals surface area (Å²) in [5, 5.41) is 2.71. The average molecular weight is 462 g/mol. The zero-order chi connectivity index (χ0) is 23.8. The maximum Gasteiger partial charge on any atom is 0.346 e. The first-order chi connectivity index (χ1) is 16.2. The second-order valence-electron chi connectivity index (χ2n) is 9.66. The second kappa shape index (κ2) is 22.2. The number of aromatic amines is 1. The number of aromatic nitrogens is 2. The fourth-order valence-corrected chi connectivity index (χ4v) is 4.37. The molecule has 0 aliphatic heterocycles. The molecule has 33 heavy (non-hydrogen) atoms. The van der Waals surface area contributed by atoms with Crippen molar-refractivity contribution in [1.82, 2.24) is 9.97 Å². The summed E-state index contributed by atoms with van der Waals surface area (Å²) < 4.78 is 0. The molecule has 1 heterocycles. The monoisotopic (exact) mass is 461 g/mol. The molecule has 0 aliphatic carbocycles. The topological polar surface area (TPSA) is 74.8 Å². The number of H-pyrrole nitrogens is 1. The summed E-state index contributed by atoms with van der Waals surface area (Å²) in [4.78, 5) is 29.0. The summed E-state index contributed by atoms with van der Waals surface area (Å²) in [6, 6.07) is 1.59. The number of carbonyl (C=O) groups excluding carboxylic acids is 1. The molecule has 1 aromatic rings. The van der Waals surface area contributed by atoms with Gasteiger partial charge in [-0.3, -0.25) is 9.78 Å². The standard InChI is InChI=1S/C28H51N3O2/c1-2-3-4-5-6-7-8-9-10-11-12-13-14-15-16-17-18-19-20-21-22-23-27(32)30-26-24-25-29-28(33)31-26/h24-25H,2-23H2,1H3,(H2,29,30,31,32,33). The number of amides is 1. The third kappa shape index (κ3) is 19.5. The molecule has 0 aromatic carbocycles. The Bertz CT molecular complexity index is 630. The van der Waals surface area contributed by atoms with Gasteiger partial charge in [0.05, 0.1) is 0 Å². The van der Waals surface area contributed by atoms with Crippen LogP contribution in [0.25, 0.3) is 0 Å². The van der Waals surface area contributed by atoms with E-state index in [2.05, 4.69) is 22.2 Å². The minimum absolute atomic E-state index is 0.0466. The Balaban J connectivity index is 1.74. The zero-order valence-electron chi connectivity index (χ0n) is 21.5. The van der Waals surface area contributed by atoms with Gasteiger partial charge < -0.3 is 5.32 Å². The maximum absolute atomic E-state index is 11.9. The lowest BCUT2D eigenvalue weighted by Crippen LogP contribution is -2.17. The Morgan fingerprint density at radius 1 is 0.697 bits per heavy atom. The van der Waals surface area contributed by atoms with Gasteiger partial charge in [0.25, 0.3) is 0 Å². The molecular weight excluding hydrogens is 410 g/mol. The highest BCUT2D eigenvalue weighted by molar-refractivity contribution is 5.89. The number of anilines is 1. The number of hydrogen-bond acceptors (Lipinski definition) is 3. The number of nitrogens with zero attached hydrogens (tertiary/aromatic N) is 1. The van der Waals surface area contributed by atoms with E-state index >= 15 is 0 Å². The van der Waals surface area contributed by atoms with Gasteiger partial charge in [0, 0.05) is 12.6 Å². The molecule has 1 aromatic heterocycles. The van der Waals surface area contributed by atoms with Crippen LogP contribution in [-0.4, -0.2) is 15.9 Å². The van der Waals surface area contributed by atoms with Gasteiger partial charge in [-0.05, 0) is 12.5 Å². The number of nitrogens with one attached hydrogen (secondary N) is 2. The molecule has 0 saturated heterocycles. The van der Waals surface area contributed by atoms with Crippen molar-refractivity contribution in [2.24, 2.45) is 0 Å². The molecule has 5 nitrogen and oxygen atoms in total. The normalized spacial score (nSPS) is 11.1. The fraction of sp³-hybridized carbons (Fsp3) is 0.821. The molecule has 0 saturated carbocycles. The van der Waals surface area contributed by atoms with E-state index in [4.69, 9.17) is 0 Å². The number of unbranched alkanes of at least 4 members (excludes halogenated alkanes) is 20. The van der Waals surface area contributed by atoms with Crippen molar-refractivity contribution in [3.8, 4) is 0 Å². The van der Waals surface area contributed by atoms with Crippen LogP contribution in [0.15, 0.2) is 17.1 Å². The molecule has 0 fully saturated rings. The second-order valence-corrected chi connectivity index (χ2v) is 9.66. The minimum atomic E-state index is -0.443. The van der Waals surface area contributed by atoms with Crippen LogP contribution in [0.5, 0.6) is 0 Å². The Labute approximate surface area is 203 Å². The van der Waals surface area contributed by atoms with Gasteiger partial charge in [-0.1, -0.05) is 135 Å². The summed E-state index contributed by atoms with van der Waals surface area (Å²) in [6.07, 6.45) is 30.5. The van der Waals surface area contributed by atoms with Gasteiger partial charge >= 0.3 is 5.69 Å². The van der Waals surface area contributed by atoms with E-state index in [1.165, 1.54) is 128 Å². The van der Waals surface area contributed by atoms with Crippen molar-refractivity contribution in [1.29, 1.82) is 0 Å². The molecule has 1 rings (SSSR count). The van der Waals surface area contributed by atoms with Gasteiger partial charge in [-0.25, -0.2) is 9.78 Å². The highest BCUT2D eigenvalue weighted by Gasteiger charge is 2.03. The molecular formula is C28H51N3O2. The molecule has 0 aliphatic rings. The van der Waals surface area contributed by atoms with Crippen LogP contribution in [-0.2, 0) is 4.79 Å². The summed E-state index contributed by atoms with van der Waals surface area (Å²) in [6.45, 7) is 2.29. The van der Waals surface area contributed by atoms with Crippen LogP contribution in [0.4, 0.5) is 5.82 Å². The van der Waals surface area contributed by atoms with Gasteiger partial charge in [-0.2, -0.15) is 0 Å². The minimum Gasteiger partial charge on any atom is -0.312 e. The first-order valence-corrected chi connectivity index (χ1v) is 14.1. The lowest BCUT2D eigenvalue weighted by molar-refractivity contribution is -0.116. The van der Waals surface area contributed by atoms with Crippen molar-refractivity contribution in [3.05, 3.63) is 22.7 Å². The van der Waals surface area contributed by atoms with Crippen LogP contribution < -0.4 is 11.0 Å². The lowest BCUT2D eigenvalue weighted by Gasteiger charge is -2.05. The van der Waals surface area contributed by atoms with Gasteiger partial charge in [-0.15, -0.1) is 0 Å². The highest BCUT2D eigenvalue weighted by atomic mass is 16.2. The maximum atomic E-state index is 11.9. The van der Waals surface area contributed by atoms with Crippen LogP contribution in [0, 0.1) is 0 Å². The predicted molar refractivity (Wildman–Crippen MR) is 141 cm³/mol. The van der Waals surface area contributed by atoms with Crippen LogP contribution >= 0.6 is 0 Å². The lowest BCUT2D eigenvalue weighted by atomic mass is 10.0. The van der Waals surface area contributed by atoms with Gasteiger partial charge in [0.1, 0.15) is 5.82 Å². The summed E-state index contributed by atoms with van der Waals surface area (Å²) in [5.74, 6) is 0.373. The van der Waals surface area contributed by atoms with E-state index in [1.807, 2.05) is 0 Å². The molecule has 0 radical (unpaired) electrons. The molecule has 0 atom stereocenters. The smallest absolute Gasteiger partial charge is 0.312 e. The zero-order valence-corrected chi connectivity index (χ0v) is 21.5. The van der Waals surface area contributed by atoms with E-state index < -0.39 is 5.69 Å². The molecule has 0 spiro atoms. The van der Waals surface area contributed by atoms with Crippen LogP contribution in [0.1, 0.15) is 148 Å². The number of carbonyl (C=O) groups is 1. The summed E-state index contributed by atoms with van der Waals surface area (Å²) in [5.41, 5.74) is -0.443. The SMILES string of the molecule is CCCCCCCCCCCCCCCCCCCCCCCC(=O)Nc1ccnc(=O)[nH]1. The van der Waals surface area contributed by atoms with Crippen molar-refractivity contribution in [2.45, 2.75) is 148 Å². The van der Waals surface area contributed by atoms with Gasteiger partial charge in [0.2, 0.25) is 5.91 Å².